The molecule has 5 heteroatoms. The first-order valence-corrected chi connectivity index (χ1v) is 9.15. The summed E-state index contributed by atoms with van der Waals surface area (Å²) in [4.78, 5) is 16.2. The molecule has 4 nitrogen and oxygen atoms in total. The van der Waals surface area contributed by atoms with Crippen molar-refractivity contribution in [3.8, 4) is 0 Å². The summed E-state index contributed by atoms with van der Waals surface area (Å²) in [6.07, 6.45) is 3.89. The highest BCUT2D eigenvalue weighted by atomic mass is 79.9. The van der Waals surface area contributed by atoms with Crippen LogP contribution in [0.3, 0.4) is 0 Å². The number of aromatic amines is 1. The maximum absolute atomic E-state index is 12.6. The number of esters is 1. The van der Waals surface area contributed by atoms with Crippen LogP contribution in [0.25, 0.3) is 10.9 Å². The summed E-state index contributed by atoms with van der Waals surface area (Å²) in [5.41, 5.74) is 3.27. The summed E-state index contributed by atoms with van der Waals surface area (Å²) in [6.45, 7) is 3.22. The van der Waals surface area contributed by atoms with Crippen LogP contribution in [0.2, 0.25) is 0 Å². The van der Waals surface area contributed by atoms with E-state index in [9.17, 15) is 4.79 Å². The van der Waals surface area contributed by atoms with Crippen molar-refractivity contribution in [2.24, 2.45) is 5.41 Å². The Bertz CT molecular complexity index is 764. The second-order valence-electron chi connectivity index (χ2n) is 6.57. The van der Waals surface area contributed by atoms with E-state index < -0.39 is 5.41 Å². The van der Waals surface area contributed by atoms with E-state index in [0.29, 0.717) is 6.61 Å². The van der Waals surface area contributed by atoms with Gasteiger partial charge in [0, 0.05) is 21.1 Å². The number of carbonyl (C=O) groups is 1. The number of hydrogen-bond donors (Lipinski definition) is 2. The number of carbonyl (C=O) groups excluding carboxylic acids is 1. The van der Waals surface area contributed by atoms with Gasteiger partial charge >= 0.3 is 5.97 Å². The van der Waals surface area contributed by atoms with Crippen molar-refractivity contribution in [3.63, 3.8) is 0 Å². The fourth-order valence-corrected chi connectivity index (χ4v) is 4.48. The molecule has 1 aromatic carbocycles. The maximum Gasteiger partial charge on any atom is 0.314 e. The molecule has 2 aromatic rings. The highest BCUT2D eigenvalue weighted by Gasteiger charge is 2.53. The lowest BCUT2D eigenvalue weighted by Crippen LogP contribution is -2.51. The Hall–Kier alpha value is -1.33. The second kappa shape index (κ2) is 5.64. The average molecular weight is 377 g/mol. The van der Waals surface area contributed by atoms with Gasteiger partial charge in [-0.15, -0.1) is 0 Å². The Balaban J connectivity index is 1.81. The van der Waals surface area contributed by atoms with E-state index in [2.05, 4.69) is 44.4 Å². The van der Waals surface area contributed by atoms with Crippen molar-refractivity contribution >= 4 is 32.8 Å². The predicted molar refractivity (Wildman–Crippen MR) is 93.4 cm³/mol. The summed E-state index contributed by atoms with van der Waals surface area (Å²) in [6, 6.07) is 6.36. The quantitative estimate of drug-likeness (QED) is 0.799. The Morgan fingerprint density at radius 1 is 1.43 bits per heavy atom. The smallest absolute Gasteiger partial charge is 0.314 e. The second-order valence-corrected chi connectivity index (χ2v) is 7.49. The molecule has 1 aliphatic carbocycles. The third-order valence-corrected chi connectivity index (χ3v) is 5.89. The zero-order valence-corrected chi connectivity index (χ0v) is 14.8. The zero-order chi connectivity index (χ0) is 16.0. The molecular weight excluding hydrogens is 356 g/mol. The van der Waals surface area contributed by atoms with Crippen molar-refractivity contribution in [1.29, 1.82) is 0 Å². The van der Waals surface area contributed by atoms with Crippen LogP contribution < -0.4 is 5.32 Å². The number of hydrogen-bond acceptors (Lipinski definition) is 3. The van der Waals surface area contributed by atoms with Crippen LogP contribution in [0, 0.1) is 5.41 Å². The number of rotatable bonds is 3. The van der Waals surface area contributed by atoms with Crippen LogP contribution in [-0.2, 0) is 16.0 Å². The van der Waals surface area contributed by atoms with Crippen molar-refractivity contribution in [1.82, 2.24) is 10.3 Å². The van der Waals surface area contributed by atoms with E-state index in [1.54, 1.807) is 0 Å². The molecule has 23 heavy (non-hydrogen) atoms. The van der Waals surface area contributed by atoms with E-state index >= 15 is 0 Å². The molecule has 1 saturated carbocycles. The van der Waals surface area contributed by atoms with Gasteiger partial charge in [0.1, 0.15) is 0 Å². The number of H-pyrrole nitrogens is 1. The van der Waals surface area contributed by atoms with Gasteiger partial charge in [0.05, 0.1) is 18.1 Å². The first-order chi connectivity index (χ1) is 11.2. The lowest BCUT2D eigenvalue weighted by Gasteiger charge is -2.46. The van der Waals surface area contributed by atoms with Gasteiger partial charge in [-0.1, -0.05) is 22.4 Å². The summed E-state index contributed by atoms with van der Waals surface area (Å²) >= 11 is 3.56. The minimum absolute atomic E-state index is 0.0326. The van der Waals surface area contributed by atoms with Crippen LogP contribution in [0.5, 0.6) is 0 Å². The molecule has 0 saturated heterocycles. The van der Waals surface area contributed by atoms with Crippen LogP contribution in [0.1, 0.15) is 43.5 Å². The van der Waals surface area contributed by atoms with Gasteiger partial charge in [0.15, 0.2) is 0 Å². The molecule has 0 radical (unpaired) electrons. The van der Waals surface area contributed by atoms with E-state index in [0.717, 1.165) is 42.2 Å². The Morgan fingerprint density at radius 2 is 2.26 bits per heavy atom. The van der Waals surface area contributed by atoms with E-state index in [-0.39, 0.29) is 12.0 Å². The molecule has 2 N–H and O–H groups in total. The SMILES string of the molecule is CCOC(=O)C1(C2NCCc3c2[nH]c2ccc(Br)cc32)CCC1. The molecule has 0 bridgehead atoms. The third-order valence-electron chi connectivity index (χ3n) is 5.39. The number of benzene rings is 1. The number of halogens is 1. The molecule has 2 heterocycles. The van der Waals surface area contributed by atoms with Gasteiger partial charge < -0.3 is 15.0 Å². The summed E-state index contributed by atoms with van der Waals surface area (Å²) in [5.74, 6) is -0.0450. The van der Waals surface area contributed by atoms with Gasteiger partial charge in [-0.25, -0.2) is 0 Å². The minimum Gasteiger partial charge on any atom is -0.466 e. The molecule has 1 atom stereocenters. The average Bonchev–Trinajstić information content (AvgIpc) is 2.85. The van der Waals surface area contributed by atoms with Gasteiger partial charge in [-0.3, -0.25) is 4.79 Å². The van der Waals surface area contributed by atoms with Gasteiger partial charge in [0.2, 0.25) is 0 Å². The molecule has 4 rings (SSSR count). The molecule has 1 unspecified atom stereocenters. The number of aromatic nitrogens is 1. The standard InChI is InChI=1S/C18H21BrN2O2/c1-2-23-17(22)18(7-3-8-18)16-15-12(6-9-20-16)13-10-11(19)4-5-14(13)21-15/h4-5,10,16,20-21H,2-3,6-9H2,1H3. The highest BCUT2D eigenvalue weighted by molar-refractivity contribution is 9.10. The van der Waals surface area contributed by atoms with Crippen LogP contribution in [0.15, 0.2) is 22.7 Å². The first kappa shape index (κ1) is 15.2. The van der Waals surface area contributed by atoms with Crippen molar-refractivity contribution in [2.75, 3.05) is 13.2 Å². The maximum atomic E-state index is 12.6. The van der Waals surface area contributed by atoms with Gasteiger partial charge in [0.25, 0.3) is 0 Å². The minimum atomic E-state index is -0.400. The highest BCUT2D eigenvalue weighted by Crippen LogP contribution is 2.53. The molecule has 0 spiro atoms. The van der Waals surface area contributed by atoms with E-state index in [4.69, 9.17) is 4.74 Å². The topological polar surface area (TPSA) is 54.1 Å². The van der Waals surface area contributed by atoms with Gasteiger partial charge in [-0.2, -0.15) is 0 Å². The molecule has 1 fully saturated rings. The third kappa shape index (κ3) is 2.24. The number of nitrogens with one attached hydrogen (secondary N) is 2. The first-order valence-electron chi connectivity index (χ1n) is 8.36. The van der Waals surface area contributed by atoms with E-state index in [1.807, 2.05) is 6.92 Å². The summed E-state index contributed by atoms with van der Waals surface area (Å²) in [7, 11) is 0. The van der Waals surface area contributed by atoms with Crippen LogP contribution in [0.4, 0.5) is 0 Å². The van der Waals surface area contributed by atoms with E-state index in [1.165, 1.54) is 16.6 Å². The lowest BCUT2D eigenvalue weighted by atomic mass is 9.62. The zero-order valence-electron chi connectivity index (χ0n) is 13.2. The fraction of sp³-hybridized carbons (Fsp3) is 0.500. The molecule has 122 valence electrons. The summed E-state index contributed by atoms with van der Waals surface area (Å²) in [5, 5.41) is 4.85. The molecule has 2 aliphatic rings. The Morgan fingerprint density at radius 3 is 2.96 bits per heavy atom. The summed E-state index contributed by atoms with van der Waals surface area (Å²) < 4.78 is 6.50. The van der Waals surface area contributed by atoms with Crippen LogP contribution >= 0.6 is 15.9 Å². The van der Waals surface area contributed by atoms with Crippen molar-refractivity contribution < 1.29 is 9.53 Å². The van der Waals surface area contributed by atoms with Gasteiger partial charge in [-0.05, 0) is 56.5 Å². The Labute approximate surface area is 144 Å². The molecule has 0 amide bonds. The van der Waals surface area contributed by atoms with Crippen LogP contribution in [-0.4, -0.2) is 24.1 Å². The number of ether oxygens (including phenoxy) is 1. The van der Waals surface area contributed by atoms with Crippen molar-refractivity contribution in [3.05, 3.63) is 33.9 Å². The monoisotopic (exact) mass is 376 g/mol. The number of fused-ring (bicyclic) bond motifs is 3. The molecule has 1 aromatic heterocycles. The fourth-order valence-electron chi connectivity index (χ4n) is 4.11. The lowest BCUT2D eigenvalue weighted by molar-refractivity contribution is -0.164. The Kier molecular flexibility index (Phi) is 3.73. The predicted octanol–water partition coefficient (Wildman–Crippen LogP) is 3.85. The molecule has 1 aliphatic heterocycles. The normalized spacial score (nSPS) is 22.4. The van der Waals surface area contributed by atoms with Crippen molar-refractivity contribution in [2.45, 2.75) is 38.6 Å². The molecular formula is C18H21BrN2O2. The largest absolute Gasteiger partial charge is 0.466 e.